The minimum Gasteiger partial charge on any atom is -0.322 e. The Balaban J connectivity index is 1.55. The van der Waals surface area contributed by atoms with Gasteiger partial charge in [0.1, 0.15) is 0 Å². The lowest BCUT2D eigenvalue weighted by Crippen LogP contribution is -2.30. The normalized spacial score (nSPS) is 10.7. The third-order valence-corrected chi connectivity index (χ3v) is 5.57. The van der Waals surface area contributed by atoms with Crippen molar-refractivity contribution >= 4 is 57.2 Å². The summed E-state index contributed by atoms with van der Waals surface area (Å²) in [6.45, 7) is 2.48. The number of hydrogen-bond donors (Lipinski definition) is 1. The number of carbonyl (C=O) groups is 2. The molecule has 0 bridgehead atoms. The van der Waals surface area contributed by atoms with Crippen molar-refractivity contribution in [3.8, 4) is 0 Å². The van der Waals surface area contributed by atoms with Crippen molar-refractivity contribution in [3.05, 3.63) is 106 Å². The molecule has 4 rings (SSSR count). The van der Waals surface area contributed by atoms with E-state index >= 15 is 0 Å². The molecule has 4 aromatic rings. The molecule has 0 unspecified atom stereocenters. The number of benzene rings is 4. The van der Waals surface area contributed by atoms with Crippen LogP contribution in [0.2, 0.25) is 10.0 Å². The Morgan fingerprint density at radius 2 is 1.47 bits per heavy atom. The van der Waals surface area contributed by atoms with E-state index in [9.17, 15) is 9.59 Å². The van der Waals surface area contributed by atoms with E-state index in [1.807, 2.05) is 49.4 Å². The SMILES string of the molecule is CCN(C(=O)c1ccc(NC(=O)c2cc(Cl)cc(Cl)c2)cc1)c1cccc2ccccc12. The molecule has 4 nitrogen and oxygen atoms in total. The van der Waals surface area contributed by atoms with Crippen LogP contribution in [0, 0.1) is 0 Å². The molecule has 6 heteroatoms. The number of fused-ring (bicyclic) bond motifs is 1. The molecule has 0 aliphatic rings. The maximum absolute atomic E-state index is 13.3. The number of nitrogens with one attached hydrogen (secondary N) is 1. The van der Waals surface area contributed by atoms with Crippen LogP contribution in [-0.2, 0) is 0 Å². The standard InChI is InChI=1S/C26H20Cl2N2O2/c1-2-30(24-9-5-7-17-6-3-4-8-23(17)24)26(32)18-10-12-22(13-11-18)29-25(31)19-14-20(27)16-21(28)15-19/h3-16H,2H2,1H3,(H,29,31). The molecule has 0 fully saturated rings. The van der Waals surface area contributed by atoms with E-state index in [2.05, 4.69) is 5.32 Å². The minimum absolute atomic E-state index is 0.108. The number of amides is 2. The Kier molecular flexibility index (Phi) is 6.45. The van der Waals surface area contributed by atoms with Gasteiger partial charge in [-0.25, -0.2) is 0 Å². The fourth-order valence-corrected chi connectivity index (χ4v) is 4.13. The van der Waals surface area contributed by atoms with Crippen LogP contribution < -0.4 is 10.2 Å². The quantitative estimate of drug-likeness (QED) is 0.344. The summed E-state index contributed by atoms with van der Waals surface area (Å²) in [5, 5.41) is 5.67. The second kappa shape index (κ2) is 9.43. The number of hydrogen-bond acceptors (Lipinski definition) is 2. The Morgan fingerprint density at radius 1 is 0.812 bits per heavy atom. The van der Waals surface area contributed by atoms with Gasteiger partial charge in [-0.1, -0.05) is 59.6 Å². The van der Waals surface area contributed by atoms with Gasteiger partial charge in [0, 0.05) is 38.8 Å². The molecule has 0 aliphatic heterocycles. The third-order valence-electron chi connectivity index (χ3n) is 5.13. The molecule has 1 N–H and O–H groups in total. The van der Waals surface area contributed by atoms with Crippen molar-refractivity contribution in [1.29, 1.82) is 0 Å². The molecule has 0 saturated heterocycles. The second-order valence-electron chi connectivity index (χ2n) is 7.24. The zero-order valence-corrected chi connectivity index (χ0v) is 18.8. The van der Waals surface area contributed by atoms with E-state index in [0.29, 0.717) is 33.4 Å². The lowest BCUT2D eigenvalue weighted by atomic mass is 10.1. The number of anilines is 2. The van der Waals surface area contributed by atoms with Crippen molar-refractivity contribution in [2.24, 2.45) is 0 Å². The van der Waals surface area contributed by atoms with Crippen molar-refractivity contribution in [2.45, 2.75) is 6.92 Å². The Bertz CT molecular complexity index is 1280. The summed E-state index contributed by atoms with van der Waals surface area (Å²) in [5.74, 6) is -0.442. The van der Waals surface area contributed by atoms with E-state index in [0.717, 1.165) is 16.5 Å². The largest absolute Gasteiger partial charge is 0.322 e. The maximum Gasteiger partial charge on any atom is 0.258 e. The summed E-state index contributed by atoms with van der Waals surface area (Å²) in [4.78, 5) is 27.5. The Hall–Kier alpha value is -3.34. The Labute approximate surface area is 196 Å². The summed E-state index contributed by atoms with van der Waals surface area (Å²) in [5.41, 5.74) is 2.32. The van der Waals surface area contributed by atoms with Gasteiger partial charge in [0.25, 0.3) is 11.8 Å². The van der Waals surface area contributed by atoms with Gasteiger partial charge < -0.3 is 10.2 Å². The van der Waals surface area contributed by atoms with Crippen molar-refractivity contribution in [3.63, 3.8) is 0 Å². The molecule has 0 spiro atoms. The van der Waals surface area contributed by atoms with Crippen LogP contribution >= 0.6 is 23.2 Å². The lowest BCUT2D eigenvalue weighted by molar-refractivity contribution is 0.0987. The van der Waals surface area contributed by atoms with Crippen LogP contribution in [-0.4, -0.2) is 18.4 Å². The van der Waals surface area contributed by atoms with Gasteiger partial charge in [-0.3, -0.25) is 9.59 Å². The van der Waals surface area contributed by atoms with E-state index < -0.39 is 0 Å². The predicted molar refractivity (Wildman–Crippen MR) is 132 cm³/mol. The summed E-state index contributed by atoms with van der Waals surface area (Å²) in [7, 11) is 0. The highest BCUT2D eigenvalue weighted by atomic mass is 35.5. The van der Waals surface area contributed by atoms with Crippen LogP contribution in [0.3, 0.4) is 0 Å². The maximum atomic E-state index is 13.3. The fraction of sp³-hybridized carbons (Fsp3) is 0.0769. The minimum atomic E-state index is -0.334. The molecule has 0 aliphatic carbocycles. The molecular formula is C26H20Cl2N2O2. The van der Waals surface area contributed by atoms with Gasteiger partial charge in [0.2, 0.25) is 0 Å². The number of nitrogens with zero attached hydrogens (tertiary/aromatic N) is 1. The van der Waals surface area contributed by atoms with Gasteiger partial charge in [0.05, 0.1) is 5.69 Å². The van der Waals surface area contributed by atoms with Gasteiger partial charge in [0.15, 0.2) is 0 Å². The summed E-state index contributed by atoms with van der Waals surface area (Å²) < 4.78 is 0. The predicted octanol–water partition coefficient (Wildman–Crippen LogP) is 7.07. The van der Waals surface area contributed by atoms with E-state index in [4.69, 9.17) is 23.2 Å². The molecular weight excluding hydrogens is 443 g/mol. The highest BCUT2D eigenvalue weighted by Gasteiger charge is 2.18. The van der Waals surface area contributed by atoms with E-state index in [1.54, 1.807) is 47.4 Å². The molecule has 0 aromatic heterocycles. The molecule has 0 atom stereocenters. The molecule has 32 heavy (non-hydrogen) atoms. The molecule has 2 amide bonds. The van der Waals surface area contributed by atoms with Crippen molar-refractivity contribution < 1.29 is 9.59 Å². The van der Waals surface area contributed by atoms with E-state index in [-0.39, 0.29) is 11.8 Å². The average molecular weight is 463 g/mol. The van der Waals surface area contributed by atoms with Crippen LogP contribution in [0.15, 0.2) is 84.9 Å². The zero-order valence-electron chi connectivity index (χ0n) is 17.3. The lowest BCUT2D eigenvalue weighted by Gasteiger charge is -2.23. The molecule has 0 saturated carbocycles. The third kappa shape index (κ3) is 4.62. The first-order valence-corrected chi connectivity index (χ1v) is 10.9. The summed E-state index contributed by atoms with van der Waals surface area (Å²) in [6, 6.07) is 25.4. The summed E-state index contributed by atoms with van der Waals surface area (Å²) >= 11 is 12.0. The highest BCUT2D eigenvalue weighted by molar-refractivity contribution is 6.35. The first-order valence-electron chi connectivity index (χ1n) is 10.1. The topological polar surface area (TPSA) is 49.4 Å². The molecule has 160 valence electrons. The summed E-state index contributed by atoms with van der Waals surface area (Å²) in [6.07, 6.45) is 0. The molecule has 4 aromatic carbocycles. The van der Waals surface area contributed by atoms with Crippen molar-refractivity contribution in [1.82, 2.24) is 0 Å². The van der Waals surface area contributed by atoms with Gasteiger partial charge in [-0.05, 0) is 60.8 Å². The van der Waals surface area contributed by atoms with Crippen LogP contribution in [0.5, 0.6) is 0 Å². The molecule has 0 heterocycles. The van der Waals surface area contributed by atoms with Gasteiger partial charge >= 0.3 is 0 Å². The monoisotopic (exact) mass is 462 g/mol. The fourth-order valence-electron chi connectivity index (χ4n) is 3.61. The average Bonchev–Trinajstić information content (AvgIpc) is 2.79. The van der Waals surface area contributed by atoms with Crippen LogP contribution in [0.25, 0.3) is 10.8 Å². The smallest absolute Gasteiger partial charge is 0.258 e. The van der Waals surface area contributed by atoms with Gasteiger partial charge in [-0.2, -0.15) is 0 Å². The highest BCUT2D eigenvalue weighted by Crippen LogP contribution is 2.28. The number of carbonyl (C=O) groups excluding carboxylic acids is 2. The van der Waals surface area contributed by atoms with E-state index in [1.165, 1.54) is 0 Å². The zero-order chi connectivity index (χ0) is 22.7. The first kappa shape index (κ1) is 21.9. The first-order chi connectivity index (χ1) is 15.5. The van der Waals surface area contributed by atoms with Crippen LogP contribution in [0.1, 0.15) is 27.6 Å². The Morgan fingerprint density at radius 3 is 2.16 bits per heavy atom. The van der Waals surface area contributed by atoms with Crippen molar-refractivity contribution in [2.75, 3.05) is 16.8 Å². The number of rotatable bonds is 5. The second-order valence-corrected chi connectivity index (χ2v) is 8.11. The van der Waals surface area contributed by atoms with Crippen LogP contribution in [0.4, 0.5) is 11.4 Å². The molecule has 0 radical (unpaired) electrons. The number of halogens is 2. The van der Waals surface area contributed by atoms with Gasteiger partial charge in [-0.15, -0.1) is 0 Å².